The first-order valence-electron chi connectivity index (χ1n) is 8.75. The summed E-state index contributed by atoms with van der Waals surface area (Å²) >= 11 is 0. The van der Waals surface area contributed by atoms with Crippen molar-refractivity contribution in [1.29, 1.82) is 0 Å². The Labute approximate surface area is 151 Å². The predicted octanol–water partition coefficient (Wildman–Crippen LogP) is 2.61. The van der Waals surface area contributed by atoms with Gasteiger partial charge in [-0.25, -0.2) is 4.39 Å². The quantitative estimate of drug-likeness (QED) is 0.742. The van der Waals surface area contributed by atoms with Crippen LogP contribution >= 0.6 is 0 Å². The van der Waals surface area contributed by atoms with Crippen LogP contribution < -0.4 is 0 Å². The van der Waals surface area contributed by atoms with Crippen LogP contribution in [0.3, 0.4) is 0 Å². The fourth-order valence-corrected chi connectivity index (χ4v) is 2.90. The molecule has 1 aliphatic rings. The van der Waals surface area contributed by atoms with Crippen LogP contribution in [0.4, 0.5) is 4.39 Å². The zero-order valence-electron chi connectivity index (χ0n) is 14.8. The summed E-state index contributed by atoms with van der Waals surface area (Å²) in [5, 5.41) is 3.79. The zero-order valence-corrected chi connectivity index (χ0v) is 14.8. The van der Waals surface area contributed by atoms with E-state index < -0.39 is 0 Å². The molecule has 0 spiro atoms. The van der Waals surface area contributed by atoms with Gasteiger partial charge < -0.3 is 14.3 Å². The highest BCUT2D eigenvalue weighted by atomic mass is 19.1. The van der Waals surface area contributed by atoms with Gasteiger partial charge in [0.25, 0.3) is 0 Å². The van der Waals surface area contributed by atoms with E-state index in [0.29, 0.717) is 24.2 Å². The monoisotopic (exact) mass is 359 g/mol. The summed E-state index contributed by atoms with van der Waals surface area (Å²) in [4.78, 5) is 28.4. The number of rotatable bonds is 6. The van der Waals surface area contributed by atoms with Gasteiger partial charge in [0, 0.05) is 50.7 Å². The van der Waals surface area contributed by atoms with E-state index in [1.165, 1.54) is 12.1 Å². The van der Waals surface area contributed by atoms with Gasteiger partial charge in [-0.15, -0.1) is 0 Å². The molecule has 6 nitrogen and oxygen atoms in total. The van der Waals surface area contributed by atoms with Gasteiger partial charge in [-0.3, -0.25) is 9.59 Å². The number of piperazine rings is 1. The second kappa shape index (κ2) is 8.23. The summed E-state index contributed by atoms with van der Waals surface area (Å²) < 4.78 is 18.1. The van der Waals surface area contributed by atoms with Crippen LogP contribution in [0.15, 0.2) is 34.9 Å². The molecular weight excluding hydrogens is 337 g/mol. The maximum Gasteiger partial charge on any atom is 0.222 e. The highest BCUT2D eigenvalue weighted by Gasteiger charge is 2.19. The number of nitrogens with zero attached hydrogens (tertiary/aromatic N) is 3. The van der Waals surface area contributed by atoms with Gasteiger partial charge >= 0.3 is 0 Å². The average Bonchev–Trinajstić information content (AvgIpc) is 3.13. The summed E-state index contributed by atoms with van der Waals surface area (Å²) in [6.07, 6.45) is 1.09. The molecule has 1 aromatic carbocycles. The Bertz CT molecular complexity index is 765. The van der Waals surface area contributed by atoms with Crippen molar-refractivity contribution in [2.24, 2.45) is 0 Å². The van der Waals surface area contributed by atoms with E-state index in [4.69, 9.17) is 4.52 Å². The minimum absolute atomic E-state index is 0.0954. The third-order valence-electron chi connectivity index (χ3n) is 4.58. The fraction of sp³-hybridized carbons (Fsp3) is 0.421. The number of carbonyl (C=O) groups is 2. The van der Waals surface area contributed by atoms with Gasteiger partial charge in [-0.2, -0.15) is 0 Å². The molecule has 1 amide bonds. The van der Waals surface area contributed by atoms with Crippen molar-refractivity contribution in [3.8, 4) is 11.3 Å². The molecule has 1 aliphatic heterocycles. The molecule has 1 aromatic heterocycles. The van der Waals surface area contributed by atoms with Crippen molar-refractivity contribution in [3.05, 3.63) is 41.8 Å². The number of Topliss-reactive ketones (excluding diaryl/α,β-unsaturated/α-hetero) is 1. The molecule has 138 valence electrons. The first-order valence-corrected chi connectivity index (χ1v) is 8.75. The largest absolute Gasteiger partial charge is 0.356 e. The molecule has 7 heteroatoms. The van der Waals surface area contributed by atoms with Crippen LogP contribution in [0.25, 0.3) is 11.3 Å². The molecule has 0 unspecified atom stereocenters. The van der Waals surface area contributed by atoms with E-state index in [1.54, 1.807) is 18.2 Å². The summed E-state index contributed by atoms with van der Waals surface area (Å²) in [7, 11) is 2.04. The van der Waals surface area contributed by atoms with Crippen LogP contribution in [-0.2, 0) is 4.79 Å². The smallest absolute Gasteiger partial charge is 0.222 e. The standard InChI is InChI=1S/C19H22FN3O3/c1-22-9-11-23(12-10-22)19(25)4-2-3-17(24)16-13-18(26-21-16)14-5-7-15(20)8-6-14/h5-8,13H,2-4,9-12H2,1H3. The Kier molecular flexibility index (Phi) is 5.78. The van der Waals surface area contributed by atoms with Crippen LogP contribution in [0.2, 0.25) is 0 Å². The summed E-state index contributed by atoms with van der Waals surface area (Å²) in [5.41, 5.74) is 0.888. The molecule has 1 fully saturated rings. The molecule has 0 bridgehead atoms. The highest BCUT2D eigenvalue weighted by molar-refractivity contribution is 5.95. The van der Waals surface area contributed by atoms with Gasteiger partial charge in [-0.1, -0.05) is 5.16 Å². The molecular formula is C19H22FN3O3. The van der Waals surface area contributed by atoms with Crippen molar-refractivity contribution in [1.82, 2.24) is 15.0 Å². The number of amides is 1. The minimum atomic E-state index is -0.338. The van der Waals surface area contributed by atoms with E-state index in [9.17, 15) is 14.0 Å². The normalized spacial score (nSPS) is 15.2. The van der Waals surface area contributed by atoms with Crippen molar-refractivity contribution in [2.75, 3.05) is 33.2 Å². The van der Waals surface area contributed by atoms with Crippen molar-refractivity contribution in [3.63, 3.8) is 0 Å². The van der Waals surface area contributed by atoms with Gasteiger partial charge in [-0.05, 0) is 37.7 Å². The molecule has 0 atom stereocenters. The Morgan fingerprint density at radius 3 is 2.50 bits per heavy atom. The van der Waals surface area contributed by atoms with Gasteiger partial charge in [0.1, 0.15) is 11.5 Å². The SMILES string of the molecule is CN1CCN(C(=O)CCCC(=O)c2cc(-c3ccc(F)cc3)on2)CC1. The number of ketones is 1. The first kappa shape index (κ1) is 18.3. The maximum atomic E-state index is 13.0. The summed E-state index contributed by atoms with van der Waals surface area (Å²) in [6.45, 7) is 3.26. The Balaban J connectivity index is 1.48. The number of hydrogen-bond donors (Lipinski definition) is 0. The molecule has 2 heterocycles. The van der Waals surface area contributed by atoms with E-state index >= 15 is 0 Å². The average molecular weight is 359 g/mol. The number of aromatic nitrogens is 1. The predicted molar refractivity (Wildman–Crippen MR) is 94.2 cm³/mol. The van der Waals surface area contributed by atoms with E-state index in [0.717, 1.165) is 26.2 Å². The van der Waals surface area contributed by atoms with Gasteiger partial charge in [0.15, 0.2) is 11.5 Å². The topological polar surface area (TPSA) is 66.7 Å². The molecule has 0 aliphatic carbocycles. The number of halogens is 1. The van der Waals surface area contributed by atoms with Crippen LogP contribution in [-0.4, -0.2) is 59.9 Å². The van der Waals surface area contributed by atoms with Crippen LogP contribution in [0.5, 0.6) is 0 Å². The van der Waals surface area contributed by atoms with E-state index in [2.05, 4.69) is 10.1 Å². The molecule has 26 heavy (non-hydrogen) atoms. The molecule has 2 aromatic rings. The Morgan fingerprint density at radius 1 is 1.12 bits per heavy atom. The lowest BCUT2D eigenvalue weighted by Crippen LogP contribution is -2.47. The van der Waals surface area contributed by atoms with Crippen molar-refractivity contribution >= 4 is 11.7 Å². The second-order valence-corrected chi connectivity index (χ2v) is 6.54. The summed E-state index contributed by atoms with van der Waals surface area (Å²) in [6, 6.07) is 7.34. The first-order chi connectivity index (χ1) is 12.5. The molecule has 0 saturated carbocycles. The molecule has 0 radical (unpaired) electrons. The lowest BCUT2D eigenvalue weighted by molar-refractivity contribution is -0.132. The van der Waals surface area contributed by atoms with Crippen LogP contribution in [0.1, 0.15) is 29.8 Å². The third-order valence-corrected chi connectivity index (χ3v) is 4.58. The van der Waals surface area contributed by atoms with E-state index in [-0.39, 0.29) is 29.6 Å². The summed E-state index contributed by atoms with van der Waals surface area (Å²) in [5.74, 6) is 0.0165. The fourth-order valence-electron chi connectivity index (χ4n) is 2.90. The van der Waals surface area contributed by atoms with E-state index in [1.807, 2.05) is 11.9 Å². The third kappa shape index (κ3) is 4.54. The maximum absolute atomic E-state index is 13.0. The number of carbonyl (C=O) groups excluding carboxylic acids is 2. The number of likely N-dealkylation sites (N-methyl/N-ethyl adjacent to an activating group) is 1. The van der Waals surface area contributed by atoms with Gasteiger partial charge in [0.05, 0.1) is 0 Å². The highest BCUT2D eigenvalue weighted by Crippen LogP contribution is 2.21. The number of benzene rings is 1. The van der Waals surface area contributed by atoms with Crippen LogP contribution in [0, 0.1) is 5.82 Å². The lowest BCUT2D eigenvalue weighted by Gasteiger charge is -2.32. The molecule has 3 rings (SSSR count). The minimum Gasteiger partial charge on any atom is -0.356 e. The zero-order chi connectivity index (χ0) is 18.5. The number of hydrogen-bond acceptors (Lipinski definition) is 5. The Morgan fingerprint density at radius 2 is 1.81 bits per heavy atom. The van der Waals surface area contributed by atoms with Gasteiger partial charge in [0.2, 0.25) is 5.91 Å². The second-order valence-electron chi connectivity index (χ2n) is 6.54. The van der Waals surface area contributed by atoms with Crippen molar-refractivity contribution < 1.29 is 18.5 Å². The molecule has 0 N–H and O–H groups in total. The molecule has 1 saturated heterocycles. The lowest BCUT2D eigenvalue weighted by atomic mass is 10.1. The Hall–Kier alpha value is -2.54. The van der Waals surface area contributed by atoms with Crippen molar-refractivity contribution in [2.45, 2.75) is 19.3 Å².